The van der Waals surface area contributed by atoms with E-state index in [1.807, 2.05) is 0 Å². The van der Waals surface area contributed by atoms with Gasteiger partial charge in [0.15, 0.2) is 16.3 Å². The highest BCUT2D eigenvalue weighted by Crippen LogP contribution is 2.32. The van der Waals surface area contributed by atoms with E-state index < -0.39 is 11.5 Å². The van der Waals surface area contributed by atoms with Crippen molar-refractivity contribution >= 4 is 29.0 Å². The van der Waals surface area contributed by atoms with E-state index in [1.165, 1.54) is 0 Å². The summed E-state index contributed by atoms with van der Waals surface area (Å²) in [5.41, 5.74) is 3.05. The van der Waals surface area contributed by atoms with Crippen molar-refractivity contribution in [2.75, 3.05) is 12.2 Å². The summed E-state index contributed by atoms with van der Waals surface area (Å²) in [6.45, 7) is 0.121. The molecule has 0 atom stereocenters. The van der Waals surface area contributed by atoms with E-state index in [0.717, 1.165) is 4.68 Å². The van der Waals surface area contributed by atoms with Gasteiger partial charge in [0.25, 0.3) is 11.5 Å². The molecular weight excluding hydrogens is 330 g/mol. The predicted molar refractivity (Wildman–Crippen MR) is 89.6 cm³/mol. The summed E-state index contributed by atoms with van der Waals surface area (Å²) in [6, 6.07) is 11.7. The number of H-pyrrole nitrogens is 1. The van der Waals surface area contributed by atoms with Gasteiger partial charge in [-0.05, 0) is 42.5 Å². The van der Waals surface area contributed by atoms with E-state index >= 15 is 0 Å². The summed E-state index contributed by atoms with van der Waals surface area (Å²) in [7, 11) is 0. The molecule has 8 heteroatoms. The fraction of sp³-hybridized carbons (Fsp3) is 0.0625. The minimum Gasteiger partial charge on any atom is -0.454 e. The van der Waals surface area contributed by atoms with E-state index in [2.05, 4.69) is 10.4 Å². The highest BCUT2D eigenvalue weighted by atomic mass is 32.1. The van der Waals surface area contributed by atoms with Gasteiger partial charge in [-0.15, -0.1) is 0 Å². The van der Waals surface area contributed by atoms with Crippen LogP contribution in [-0.2, 0) is 0 Å². The Morgan fingerprint density at radius 2 is 1.96 bits per heavy atom. The number of aromatic nitrogens is 2. The van der Waals surface area contributed by atoms with Crippen molar-refractivity contribution in [3.8, 4) is 11.5 Å². The Kier molecular flexibility index (Phi) is 3.31. The normalized spacial score (nSPS) is 12.3. The second-order valence-corrected chi connectivity index (χ2v) is 5.51. The number of hydrogen-bond acceptors (Lipinski definition) is 5. The largest absolute Gasteiger partial charge is 0.454 e. The van der Waals surface area contributed by atoms with Crippen LogP contribution < -0.4 is 20.5 Å². The van der Waals surface area contributed by atoms with Gasteiger partial charge >= 0.3 is 0 Å². The molecule has 1 aliphatic rings. The lowest BCUT2D eigenvalue weighted by Crippen LogP contribution is -2.34. The number of rotatable bonds is 2. The lowest BCUT2D eigenvalue weighted by atomic mass is 10.2. The molecule has 0 fully saturated rings. The van der Waals surface area contributed by atoms with Crippen LogP contribution in [0.3, 0.4) is 0 Å². The molecule has 0 saturated carbocycles. The summed E-state index contributed by atoms with van der Waals surface area (Å²) in [6.07, 6.45) is 0. The molecule has 0 unspecified atom stereocenters. The number of ether oxygens (including phenoxy) is 2. The van der Waals surface area contributed by atoms with Gasteiger partial charge in [0.05, 0.1) is 10.9 Å². The van der Waals surface area contributed by atoms with Gasteiger partial charge in [0.2, 0.25) is 6.79 Å². The molecule has 1 aliphatic heterocycles. The highest BCUT2D eigenvalue weighted by Gasteiger charge is 2.17. The Bertz CT molecular complexity index is 1090. The third kappa shape index (κ3) is 2.33. The average molecular weight is 341 g/mol. The molecular formula is C16H11N3O4S. The number of fused-ring (bicyclic) bond motifs is 2. The van der Waals surface area contributed by atoms with Gasteiger partial charge < -0.3 is 14.5 Å². The SMILES string of the molecule is O=C(Nn1c(=S)[nH]c2ccccc2c1=O)c1ccc2c(c1)OCO2. The first-order valence-corrected chi connectivity index (χ1v) is 7.49. The minimum atomic E-state index is -0.481. The van der Waals surface area contributed by atoms with Crippen LogP contribution in [0.5, 0.6) is 11.5 Å². The van der Waals surface area contributed by atoms with Crippen molar-refractivity contribution in [2.24, 2.45) is 0 Å². The van der Waals surface area contributed by atoms with E-state index in [-0.39, 0.29) is 11.6 Å². The molecule has 0 bridgehead atoms. The Morgan fingerprint density at radius 1 is 1.17 bits per heavy atom. The van der Waals surface area contributed by atoms with Crippen molar-refractivity contribution in [2.45, 2.75) is 0 Å². The molecule has 3 aromatic rings. The summed E-state index contributed by atoms with van der Waals surface area (Å²) in [5.74, 6) is 0.579. The zero-order valence-corrected chi connectivity index (χ0v) is 13.1. The molecule has 120 valence electrons. The number of para-hydroxylation sites is 1. The van der Waals surface area contributed by atoms with Crippen LogP contribution >= 0.6 is 12.2 Å². The first kappa shape index (κ1) is 14.5. The quantitative estimate of drug-likeness (QED) is 0.698. The maximum absolute atomic E-state index is 12.5. The number of aromatic amines is 1. The first-order chi connectivity index (χ1) is 11.6. The van der Waals surface area contributed by atoms with Crippen molar-refractivity contribution in [1.82, 2.24) is 9.66 Å². The van der Waals surface area contributed by atoms with Crippen LogP contribution in [-0.4, -0.2) is 22.4 Å². The first-order valence-electron chi connectivity index (χ1n) is 7.08. The number of hydrogen-bond donors (Lipinski definition) is 2. The minimum absolute atomic E-state index is 0.104. The van der Waals surface area contributed by atoms with E-state index in [9.17, 15) is 9.59 Å². The number of amides is 1. The molecule has 0 saturated heterocycles. The number of nitrogens with zero attached hydrogens (tertiary/aromatic N) is 1. The molecule has 0 radical (unpaired) electrons. The van der Waals surface area contributed by atoms with Crippen molar-refractivity contribution in [3.05, 3.63) is 63.2 Å². The molecule has 2 N–H and O–H groups in total. The topological polar surface area (TPSA) is 85.4 Å². The molecule has 1 amide bonds. The molecule has 24 heavy (non-hydrogen) atoms. The van der Waals surface area contributed by atoms with Gasteiger partial charge in [0.1, 0.15) is 0 Å². The number of benzene rings is 2. The van der Waals surface area contributed by atoms with Crippen molar-refractivity contribution in [1.29, 1.82) is 0 Å². The fourth-order valence-corrected chi connectivity index (χ4v) is 2.71. The molecule has 2 aromatic carbocycles. The van der Waals surface area contributed by atoms with Crippen LogP contribution in [0, 0.1) is 4.77 Å². The lowest BCUT2D eigenvalue weighted by molar-refractivity contribution is 0.101. The third-order valence-electron chi connectivity index (χ3n) is 3.65. The molecule has 4 rings (SSSR count). The predicted octanol–water partition coefficient (Wildman–Crippen LogP) is 2.17. The third-order valence-corrected chi connectivity index (χ3v) is 3.94. The Hall–Kier alpha value is -3.13. The number of nitrogens with one attached hydrogen (secondary N) is 2. The lowest BCUT2D eigenvalue weighted by Gasteiger charge is -2.10. The van der Waals surface area contributed by atoms with Gasteiger partial charge in [-0.25, -0.2) is 0 Å². The van der Waals surface area contributed by atoms with Gasteiger partial charge in [-0.1, -0.05) is 12.1 Å². The summed E-state index contributed by atoms with van der Waals surface area (Å²) in [5, 5.41) is 0.428. The maximum Gasteiger partial charge on any atom is 0.281 e. The molecule has 0 spiro atoms. The van der Waals surface area contributed by atoms with E-state index in [1.54, 1.807) is 42.5 Å². The number of carbonyl (C=O) groups is 1. The van der Waals surface area contributed by atoms with E-state index in [4.69, 9.17) is 21.7 Å². The summed E-state index contributed by atoms with van der Waals surface area (Å²) >= 11 is 5.16. The molecule has 2 heterocycles. The van der Waals surface area contributed by atoms with Gasteiger partial charge in [0, 0.05) is 5.56 Å². The second kappa shape index (κ2) is 5.50. The Morgan fingerprint density at radius 3 is 2.83 bits per heavy atom. The van der Waals surface area contributed by atoms with Crippen molar-refractivity contribution < 1.29 is 14.3 Å². The zero-order chi connectivity index (χ0) is 16.7. The molecule has 1 aromatic heterocycles. The summed E-state index contributed by atoms with van der Waals surface area (Å²) in [4.78, 5) is 27.9. The summed E-state index contributed by atoms with van der Waals surface area (Å²) < 4.78 is 11.6. The smallest absolute Gasteiger partial charge is 0.281 e. The van der Waals surface area contributed by atoms with Crippen molar-refractivity contribution in [3.63, 3.8) is 0 Å². The van der Waals surface area contributed by atoms with Crippen LogP contribution in [0.25, 0.3) is 10.9 Å². The highest BCUT2D eigenvalue weighted by molar-refractivity contribution is 7.71. The van der Waals surface area contributed by atoms with Crippen LogP contribution in [0.4, 0.5) is 0 Å². The van der Waals surface area contributed by atoms with Gasteiger partial charge in [-0.2, -0.15) is 4.68 Å². The Balaban J connectivity index is 1.73. The van der Waals surface area contributed by atoms with E-state index in [0.29, 0.717) is 28.0 Å². The van der Waals surface area contributed by atoms with Crippen LogP contribution in [0.15, 0.2) is 47.3 Å². The average Bonchev–Trinajstić information content (AvgIpc) is 3.06. The number of carbonyl (C=O) groups excluding carboxylic acids is 1. The monoisotopic (exact) mass is 341 g/mol. The molecule has 0 aliphatic carbocycles. The maximum atomic E-state index is 12.5. The Labute approximate surface area is 140 Å². The van der Waals surface area contributed by atoms with Crippen LogP contribution in [0.1, 0.15) is 10.4 Å². The van der Waals surface area contributed by atoms with Gasteiger partial charge in [-0.3, -0.25) is 15.0 Å². The second-order valence-electron chi connectivity index (χ2n) is 5.13. The standard InChI is InChI=1S/C16H11N3O4S/c20-14(9-5-6-12-13(7-9)23-8-22-12)18-19-15(21)10-3-1-2-4-11(10)17-16(19)24/h1-7H,8H2,(H,17,24)(H,18,20). The fourth-order valence-electron chi connectivity index (χ4n) is 2.47. The molecule has 7 nitrogen and oxygen atoms in total. The zero-order valence-electron chi connectivity index (χ0n) is 12.2. The van der Waals surface area contributed by atoms with Crippen LogP contribution in [0.2, 0.25) is 0 Å².